The van der Waals surface area contributed by atoms with E-state index in [2.05, 4.69) is 4.99 Å². The highest BCUT2D eigenvalue weighted by Gasteiger charge is 2.13. The Morgan fingerprint density at radius 2 is 1.71 bits per heavy atom. The molecule has 0 aliphatic rings. The van der Waals surface area contributed by atoms with Crippen molar-refractivity contribution in [1.29, 1.82) is 5.41 Å². The molecule has 0 fully saturated rings. The molecule has 0 atom stereocenters. The number of nitrogens with zero attached hydrogens (tertiary/aromatic N) is 1. The third kappa shape index (κ3) is 2.48. The molecule has 0 radical (unpaired) electrons. The van der Waals surface area contributed by atoms with Gasteiger partial charge >= 0.3 is 0 Å². The molecule has 3 aromatic carbocycles. The highest BCUT2D eigenvalue weighted by molar-refractivity contribution is 6.16. The van der Waals surface area contributed by atoms with Gasteiger partial charge in [-0.05, 0) is 36.8 Å². The van der Waals surface area contributed by atoms with Gasteiger partial charge in [-0.15, -0.1) is 0 Å². The molecule has 0 bridgehead atoms. The molecule has 0 amide bonds. The van der Waals surface area contributed by atoms with Gasteiger partial charge in [0.15, 0.2) is 5.84 Å². The Bertz CT molecular complexity index is 1410. The monoisotopic (exact) mass is 367 g/mol. The van der Waals surface area contributed by atoms with Gasteiger partial charge in [0, 0.05) is 27.3 Å². The van der Waals surface area contributed by atoms with E-state index in [1.54, 1.807) is 6.26 Å². The largest absolute Gasteiger partial charge is 0.464 e. The zero-order valence-electron chi connectivity index (χ0n) is 15.2. The van der Waals surface area contributed by atoms with Crippen molar-refractivity contribution in [3.05, 3.63) is 83.6 Å². The fourth-order valence-corrected chi connectivity index (χ4v) is 3.58. The summed E-state index contributed by atoms with van der Waals surface area (Å²) in [5, 5.41) is 11.4. The van der Waals surface area contributed by atoms with E-state index >= 15 is 0 Å². The van der Waals surface area contributed by atoms with Gasteiger partial charge < -0.3 is 14.6 Å². The maximum atomic E-state index is 8.41. The van der Waals surface area contributed by atoms with Crippen LogP contribution in [-0.4, -0.2) is 11.7 Å². The van der Waals surface area contributed by atoms with Crippen molar-refractivity contribution in [3.63, 3.8) is 0 Å². The second-order valence-corrected chi connectivity index (χ2v) is 6.75. The number of nitrogens with two attached hydrogens (primary N) is 1. The second-order valence-electron chi connectivity index (χ2n) is 6.75. The first kappa shape index (κ1) is 16.3. The summed E-state index contributed by atoms with van der Waals surface area (Å²) in [5.41, 5.74) is 10.9. The van der Waals surface area contributed by atoms with Crippen LogP contribution in [-0.2, 0) is 0 Å². The van der Waals surface area contributed by atoms with Gasteiger partial charge in [-0.3, -0.25) is 5.41 Å². The smallest absolute Gasteiger partial charge is 0.154 e. The molecule has 28 heavy (non-hydrogen) atoms. The number of rotatable bonds is 2. The zero-order valence-corrected chi connectivity index (χ0v) is 15.2. The Morgan fingerprint density at radius 1 is 0.929 bits per heavy atom. The van der Waals surface area contributed by atoms with E-state index in [9.17, 15) is 0 Å². The first-order valence-corrected chi connectivity index (χ1v) is 8.93. The van der Waals surface area contributed by atoms with Gasteiger partial charge in [0.2, 0.25) is 0 Å². The van der Waals surface area contributed by atoms with Crippen LogP contribution in [0.15, 0.2) is 80.8 Å². The molecule has 5 heteroatoms. The molecule has 0 aliphatic carbocycles. The third-order valence-corrected chi connectivity index (χ3v) is 4.94. The Kier molecular flexibility index (Phi) is 3.55. The minimum atomic E-state index is 0.0815. The number of furan rings is 2. The Balaban J connectivity index is 1.57. The fraction of sp³-hybridized carbons (Fsp3) is 0.0435. The molecular formula is C23H17N3O2. The molecule has 3 N–H and O–H groups in total. The number of hydrogen-bond donors (Lipinski definition) is 2. The summed E-state index contributed by atoms with van der Waals surface area (Å²) >= 11 is 0. The van der Waals surface area contributed by atoms with Crippen molar-refractivity contribution in [3.8, 4) is 0 Å². The number of hydrogen-bond acceptors (Lipinski definition) is 3. The van der Waals surface area contributed by atoms with E-state index in [-0.39, 0.29) is 11.7 Å². The minimum Gasteiger partial charge on any atom is -0.464 e. The topological polar surface area (TPSA) is 88.5 Å². The molecule has 5 aromatic rings. The van der Waals surface area contributed by atoms with Crippen LogP contribution in [0.4, 0.5) is 0 Å². The summed E-state index contributed by atoms with van der Waals surface area (Å²) < 4.78 is 11.4. The van der Waals surface area contributed by atoms with Crippen molar-refractivity contribution in [2.45, 2.75) is 6.92 Å². The van der Waals surface area contributed by atoms with Gasteiger partial charge in [0.25, 0.3) is 0 Å². The van der Waals surface area contributed by atoms with Crippen LogP contribution in [0.5, 0.6) is 0 Å². The van der Waals surface area contributed by atoms with Gasteiger partial charge in [0.05, 0.1) is 6.26 Å². The van der Waals surface area contributed by atoms with Crippen LogP contribution in [0.1, 0.15) is 16.7 Å². The van der Waals surface area contributed by atoms with E-state index in [4.69, 9.17) is 20.0 Å². The van der Waals surface area contributed by atoms with Crippen molar-refractivity contribution in [1.82, 2.24) is 0 Å². The maximum Gasteiger partial charge on any atom is 0.154 e. The lowest BCUT2D eigenvalue weighted by atomic mass is 10.1. The molecule has 0 saturated heterocycles. The molecule has 0 unspecified atom stereocenters. The van der Waals surface area contributed by atoms with Crippen LogP contribution >= 0.6 is 0 Å². The molecule has 0 aliphatic heterocycles. The van der Waals surface area contributed by atoms with Crippen molar-refractivity contribution < 1.29 is 8.83 Å². The SMILES string of the molecule is Cc1coc2cccc(/C(N)=N/C(=N)c3ccc4c(c3)oc3ccccc34)c12. The molecule has 0 spiro atoms. The number of nitrogens with one attached hydrogen (secondary N) is 1. The predicted molar refractivity (Wildman–Crippen MR) is 112 cm³/mol. The Morgan fingerprint density at radius 3 is 2.61 bits per heavy atom. The van der Waals surface area contributed by atoms with Crippen LogP contribution in [0.3, 0.4) is 0 Å². The molecule has 0 saturated carbocycles. The number of fused-ring (bicyclic) bond motifs is 4. The third-order valence-electron chi connectivity index (χ3n) is 4.94. The summed E-state index contributed by atoms with van der Waals surface area (Å²) in [6, 6.07) is 19.2. The van der Waals surface area contributed by atoms with E-state index in [0.717, 1.165) is 44.0 Å². The van der Waals surface area contributed by atoms with Crippen LogP contribution in [0.2, 0.25) is 0 Å². The first-order chi connectivity index (χ1) is 13.6. The summed E-state index contributed by atoms with van der Waals surface area (Å²) in [6.07, 6.45) is 1.70. The molecule has 5 nitrogen and oxygen atoms in total. The summed E-state index contributed by atoms with van der Waals surface area (Å²) in [5.74, 6) is 0.364. The lowest BCUT2D eigenvalue weighted by Gasteiger charge is -2.05. The summed E-state index contributed by atoms with van der Waals surface area (Å²) in [4.78, 5) is 4.34. The lowest BCUT2D eigenvalue weighted by Crippen LogP contribution is -2.16. The van der Waals surface area contributed by atoms with Crippen LogP contribution < -0.4 is 5.73 Å². The normalized spacial score (nSPS) is 12.2. The fourth-order valence-electron chi connectivity index (χ4n) is 3.58. The average molecular weight is 367 g/mol. The Hall–Kier alpha value is -3.86. The standard InChI is InChI=1S/C23H17N3O2/c1-13-12-27-19-8-4-6-17(21(13)19)23(25)26-22(24)14-9-10-16-15-5-2-3-7-18(15)28-20(16)11-14/h2-12H,1H3,(H3,24,25,26). The number of para-hydroxylation sites is 1. The van der Waals surface area contributed by atoms with Crippen molar-refractivity contribution >= 4 is 44.6 Å². The molecule has 5 rings (SSSR count). The number of amidine groups is 2. The summed E-state index contributed by atoms with van der Waals surface area (Å²) in [7, 11) is 0. The van der Waals surface area contributed by atoms with Crippen LogP contribution in [0.25, 0.3) is 32.9 Å². The van der Waals surface area contributed by atoms with Gasteiger partial charge in [0.1, 0.15) is 22.6 Å². The molecule has 136 valence electrons. The molecule has 2 heterocycles. The maximum absolute atomic E-state index is 8.41. The predicted octanol–water partition coefficient (Wildman–Crippen LogP) is 5.37. The van der Waals surface area contributed by atoms with E-state index in [1.165, 1.54) is 0 Å². The van der Waals surface area contributed by atoms with E-state index < -0.39 is 0 Å². The average Bonchev–Trinajstić information content (AvgIpc) is 3.27. The van der Waals surface area contributed by atoms with Gasteiger partial charge in [-0.1, -0.05) is 36.4 Å². The quantitative estimate of drug-likeness (QED) is 0.325. The van der Waals surface area contributed by atoms with Crippen LogP contribution in [0, 0.1) is 12.3 Å². The van der Waals surface area contributed by atoms with Crippen molar-refractivity contribution in [2.24, 2.45) is 10.7 Å². The highest BCUT2D eigenvalue weighted by Crippen LogP contribution is 2.29. The van der Waals surface area contributed by atoms with Gasteiger partial charge in [-0.25, -0.2) is 4.99 Å². The van der Waals surface area contributed by atoms with E-state index in [0.29, 0.717) is 5.56 Å². The Labute approximate surface area is 160 Å². The molecule has 2 aromatic heterocycles. The van der Waals surface area contributed by atoms with Crippen molar-refractivity contribution in [2.75, 3.05) is 0 Å². The lowest BCUT2D eigenvalue weighted by molar-refractivity contribution is 0.613. The molecular weight excluding hydrogens is 350 g/mol. The minimum absolute atomic E-state index is 0.0815. The van der Waals surface area contributed by atoms with E-state index in [1.807, 2.05) is 67.6 Å². The second kappa shape index (κ2) is 6.09. The first-order valence-electron chi connectivity index (χ1n) is 8.93. The number of aliphatic imine (C=N–C) groups is 1. The zero-order chi connectivity index (χ0) is 19.3. The number of benzene rings is 3. The highest BCUT2D eigenvalue weighted by atomic mass is 16.3. The number of aryl methyl sites for hydroxylation is 1. The summed E-state index contributed by atoms with van der Waals surface area (Å²) in [6.45, 7) is 1.96. The van der Waals surface area contributed by atoms with Gasteiger partial charge in [-0.2, -0.15) is 0 Å².